The lowest BCUT2D eigenvalue weighted by molar-refractivity contribution is 0.0994. The third-order valence-corrected chi connectivity index (χ3v) is 2.90. The van der Waals surface area contributed by atoms with Crippen LogP contribution in [-0.2, 0) is 5.41 Å². The summed E-state index contributed by atoms with van der Waals surface area (Å²) in [6.07, 6.45) is 1.45. The molecule has 0 saturated carbocycles. The van der Waals surface area contributed by atoms with Gasteiger partial charge in [0.2, 0.25) is 5.76 Å². The van der Waals surface area contributed by atoms with Gasteiger partial charge in [-0.25, -0.2) is 4.98 Å². The SMILES string of the molecule is CC(C)(C)c1cc(N)c(C(=O)Nc2ccc(Cl)cn2)o1. The molecule has 2 aromatic rings. The number of nitrogen functional groups attached to an aromatic ring is 1. The van der Waals surface area contributed by atoms with Crippen molar-refractivity contribution in [2.45, 2.75) is 26.2 Å². The first-order valence-electron chi connectivity index (χ1n) is 6.10. The maximum atomic E-state index is 12.1. The molecule has 0 spiro atoms. The number of furan rings is 1. The van der Waals surface area contributed by atoms with E-state index in [-0.39, 0.29) is 11.2 Å². The molecule has 0 aliphatic heterocycles. The van der Waals surface area contributed by atoms with Crippen LogP contribution >= 0.6 is 11.6 Å². The number of rotatable bonds is 2. The molecule has 2 aromatic heterocycles. The van der Waals surface area contributed by atoms with E-state index < -0.39 is 5.91 Å². The van der Waals surface area contributed by atoms with Crippen molar-refractivity contribution in [3.8, 4) is 0 Å². The van der Waals surface area contributed by atoms with Crippen molar-refractivity contribution >= 4 is 29.0 Å². The van der Waals surface area contributed by atoms with Gasteiger partial charge in [-0.15, -0.1) is 0 Å². The van der Waals surface area contributed by atoms with E-state index in [0.717, 1.165) is 0 Å². The molecular formula is C14H16ClN3O2. The summed E-state index contributed by atoms with van der Waals surface area (Å²) in [4.78, 5) is 16.1. The van der Waals surface area contributed by atoms with Crippen LogP contribution in [0.25, 0.3) is 0 Å². The predicted molar refractivity (Wildman–Crippen MR) is 79.0 cm³/mol. The van der Waals surface area contributed by atoms with Gasteiger partial charge >= 0.3 is 0 Å². The maximum Gasteiger partial charge on any atom is 0.294 e. The average Bonchev–Trinajstić information content (AvgIpc) is 2.74. The molecule has 0 aliphatic rings. The number of carbonyl (C=O) groups excluding carboxylic acids is 1. The monoisotopic (exact) mass is 293 g/mol. The Balaban J connectivity index is 2.21. The molecule has 0 atom stereocenters. The zero-order chi connectivity index (χ0) is 14.9. The van der Waals surface area contributed by atoms with Crippen LogP contribution in [0.3, 0.4) is 0 Å². The van der Waals surface area contributed by atoms with Gasteiger partial charge in [0.1, 0.15) is 11.6 Å². The highest BCUT2D eigenvalue weighted by Crippen LogP contribution is 2.29. The molecule has 2 rings (SSSR count). The second-order valence-corrected chi connectivity index (χ2v) is 5.90. The topological polar surface area (TPSA) is 81.2 Å². The van der Waals surface area contributed by atoms with Crippen LogP contribution in [0.1, 0.15) is 37.1 Å². The number of nitrogens with two attached hydrogens (primary N) is 1. The number of hydrogen-bond acceptors (Lipinski definition) is 4. The molecule has 0 saturated heterocycles. The van der Waals surface area contributed by atoms with Crippen molar-refractivity contribution in [2.75, 3.05) is 11.1 Å². The minimum Gasteiger partial charge on any atom is -0.453 e. The molecule has 0 aliphatic carbocycles. The molecule has 0 bridgehead atoms. The zero-order valence-corrected chi connectivity index (χ0v) is 12.3. The van der Waals surface area contributed by atoms with Crippen LogP contribution in [0, 0.1) is 0 Å². The molecule has 20 heavy (non-hydrogen) atoms. The van der Waals surface area contributed by atoms with E-state index in [9.17, 15) is 4.79 Å². The van der Waals surface area contributed by atoms with Crippen LogP contribution in [0.2, 0.25) is 5.02 Å². The number of pyridine rings is 1. The number of nitrogens with one attached hydrogen (secondary N) is 1. The number of aromatic nitrogens is 1. The molecular weight excluding hydrogens is 278 g/mol. The van der Waals surface area contributed by atoms with Crippen LogP contribution < -0.4 is 11.1 Å². The molecule has 5 nitrogen and oxygen atoms in total. The molecule has 3 N–H and O–H groups in total. The Labute approximate surface area is 122 Å². The Kier molecular flexibility index (Phi) is 3.72. The average molecular weight is 294 g/mol. The number of hydrogen-bond donors (Lipinski definition) is 2. The van der Waals surface area contributed by atoms with Gasteiger partial charge in [0, 0.05) is 17.7 Å². The van der Waals surface area contributed by atoms with Crippen molar-refractivity contribution in [2.24, 2.45) is 0 Å². The van der Waals surface area contributed by atoms with Gasteiger partial charge in [0.25, 0.3) is 5.91 Å². The Morgan fingerprint density at radius 1 is 1.40 bits per heavy atom. The van der Waals surface area contributed by atoms with Crippen LogP contribution in [0.4, 0.5) is 11.5 Å². The fraction of sp³-hybridized carbons (Fsp3) is 0.286. The van der Waals surface area contributed by atoms with Crippen LogP contribution in [0.15, 0.2) is 28.8 Å². The molecule has 0 unspecified atom stereocenters. The number of carbonyl (C=O) groups is 1. The lowest BCUT2D eigenvalue weighted by Gasteiger charge is -2.13. The van der Waals surface area contributed by atoms with Crippen molar-refractivity contribution in [3.63, 3.8) is 0 Å². The van der Waals surface area contributed by atoms with Gasteiger partial charge in [0.05, 0.1) is 10.7 Å². The Bertz CT molecular complexity index is 627. The smallest absolute Gasteiger partial charge is 0.294 e. The Hall–Kier alpha value is -2.01. The van der Waals surface area contributed by atoms with Gasteiger partial charge in [-0.05, 0) is 12.1 Å². The molecule has 106 valence electrons. The maximum absolute atomic E-state index is 12.1. The normalized spacial score (nSPS) is 11.4. The van der Waals surface area contributed by atoms with Crippen molar-refractivity contribution in [1.29, 1.82) is 0 Å². The summed E-state index contributed by atoms with van der Waals surface area (Å²) >= 11 is 5.73. The van der Waals surface area contributed by atoms with Crippen molar-refractivity contribution < 1.29 is 9.21 Å². The van der Waals surface area contributed by atoms with Gasteiger partial charge in [0.15, 0.2) is 0 Å². The van der Waals surface area contributed by atoms with E-state index in [0.29, 0.717) is 22.3 Å². The predicted octanol–water partition coefficient (Wildman–Crippen LogP) is 3.46. The summed E-state index contributed by atoms with van der Waals surface area (Å²) < 4.78 is 5.55. The van der Waals surface area contributed by atoms with Gasteiger partial charge < -0.3 is 15.5 Å². The fourth-order valence-corrected chi connectivity index (χ4v) is 1.69. The summed E-state index contributed by atoms with van der Waals surface area (Å²) in [5.41, 5.74) is 5.91. The second-order valence-electron chi connectivity index (χ2n) is 5.46. The summed E-state index contributed by atoms with van der Waals surface area (Å²) in [7, 11) is 0. The van der Waals surface area contributed by atoms with Gasteiger partial charge in [-0.2, -0.15) is 0 Å². The van der Waals surface area contributed by atoms with E-state index in [4.69, 9.17) is 21.8 Å². The Morgan fingerprint density at radius 2 is 2.10 bits per heavy atom. The number of anilines is 2. The molecule has 2 heterocycles. The Morgan fingerprint density at radius 3 is 2.60 bits per heavy atom. The highest BCUT2D eigenvalue weighted by molar-refractivity contribution is 6.30. The van der Waals surface area contributed by atoms with Crippen molar-refractivity contribution in [3.05, 3.63) is 40.9 Å². The van der Waals surface area contributed by atoms with Gasteiger partial charge in [-0.1, -0.05) is 32.4 Å². The fourth-order valence-electron chi connectivity index (χ4n) is 1.58. The number of nitrogens with zero attached hydrogens (tertiary/aromatic N) is 1. The molecule has 0 aromatic carbocycles. The zero-order valence-electron chi connectivity index (χ0n) is 11.5. The van der Waals surface area contributed by atoms with E-state index in [1.54, 1.807) is 18.2 Å². The summed E-state index contributed by atoms with van der Waals surface area (Å²) in [6, 6.07) is 4.91. The van der Waals surface area contributed by atoms with Crippen molar-refractivity contribution in [1.82, 2.24) is 4.98 Å². The largest absolute Gasteiger partial charge is 0.453 e. The first-order valence-corrected chi connectivity index (χ1v) is 6.48. The first-order chi connectivity index (χ1) is 9.27. The second kappa shape index (κ2) is 5.17. The third kappa shape index (κ3) is 3.11. The van der Waals surface area contributed by atoms with E-state index in [1.807, 2.05) is 20.8 Å². The lowest BCUT2D eigenvalue weighted by Crippen LogP contribution is -2.14. The molecule has 1 amide bonds. The number of halogens is 1. The highest BCUT2D eigenvalue weighted by Gasteiger charge is 2.24. The third-order valence-electron chi connectivity index (χ3n) is 2.68. The minimum absolute atomic E-state index is 0.0895. The quantitative estimate of drug-likeness (QED) is 0.888. The molecule has 0 radical (unpaired) electrons. The van der Waals surface area contributed by atoms with Crippen LogP contribution in [0.5, 0.6) is 0 Å². The van der Waals surface area contributed by atoms with E-state index in [2.05, 4.69) is 10.3 Å². The summed E-state index contributed by atoms with van der Waals surface area (Å²) in [5.74, 6) is 0.691. The summed E-state index contributed by atoms with van der Waals surface area (Å²) in [6.45, 7) is 5.94. The van der Waals surface area contributed by atoms with Crippen LogP contribution in [-0.4, -0.2) is 10.9 Å². The molecule has 0 fully saturated rings. The van der Waals surface area contributed by atoms with E-state index in [1.165, 1.54) is 6.20 Å². The minimum atomic E-state index is -0.437. The standard InChI is InChI=1S/C14H16ClN3O2/c1-14(2,3)10-6-9(16)12(20-10)13(19)18-11-5-4-8(15)7-17-11/h4-7H,16H2,1-3H3,(H,17,18,19). The lowest BCUT2D eigenvalue weighted by atomic mass is 9.93. The summed E-state index contributed by atoms with van der Waals surface area (Å²) in [5, 5.41) is 3.10. The molecule has 6 heteroatoms. The first kappa shape index (κ1) is 14.4. The van der Waals surface area contributed by atoms with E-state index >= 15 is 0 Å². The van der Waals surface area contributed by atoms with Gasteiger partial charge in [-0.3, -0.25) is 4.79 Å². The number of amides is 1. The highest BCUT2D eigenvalue weighted by atomic mass is 35.5.